The van der Waals surface area contributed by atoms with E-state index in [1.54, 1.807) is 24.3 Å². The maximum absolute atomic E-state index is 11.7. The van der Waals surface area contributed by atoms with Crippen molar-refractivity contribution in [2.45, 2.75) is 11.2 Å². The van der Waals surface area contributed by atoms with Gasteiger partial charge in [0.2, 0.25) is 11.8 Å². The fraction of sp³-hybridized carbons (Fsp3) is 0.400. The Morgan fingerprint density at radius 2 is 2.40 bits per heavy atom. The first-order valence-corrected chi connectivity index (χ1v) is 5.59. The maximum Gasteiger partial charge on any atom is 0.240 e. The zero-order valence-electron chi connectivity index (χ0n) is 8.31. The SMILES string of the molecule is COc1ccc(N2CC[C@H](Br)C2=O)cn1. The van der Waals surface area contributed by atoms with Gasteiger partial charge in [0, 0.05) is 12.6 Å². The van der Waals surface area contributed by atoms with E-state index in [1.165, 1.54) is 0 Å². The lowest BCUT2D eigenvalue weighted by atomic mass is 10.4. The molecule has 0 spiro atoms. The molecule has 4 nitrogen and oxygen atoms in total. The first-order chi connectivity index (χ1) is 7.22. The van der Waals surface area contributed by atoms with Gasteiger partial charge in [-0.1, -0.05) is 15.9 Å². The van der Waals surface area contributed by atoms with Gasteiger partial charge in [-0.2, -0.15) is 0 Å². The predicted molar refractivity (Wildman–Crippen MR) is 60.5 cm³/mol. The molecular formula is C10H11BrN2O2. The molecule has 0 radical (unpaired) electrons. The number of carbonyl (C=O) groups is 1. The lowest BCUT2D eigenvalue weighted by Gasteiger charge is -2.15. The number of pyridine rings is 1. The number of hydrogen-bond donors (Lipinski definition) is 0. The minimum atomic E-state index is -0.0559. The summed E-state index contributed by atoms with van der Waals surface area (Å²) in [4.78, 5) is 17.4. The minimum absolute atomic E-state index is 0.0559. The van der Waals surface area contributed by atoms with Crippen LogP contribution in [0.5, 0.6) is 5.88 Å². The summed E-state index contributed by atoms with van der Waals surface area (Å²) in [6.07, 6.45) is 2.49. The average Bonchev–Trinajstić information content (AvgIpc) is 2.60. The number of ether oxygens (including phenoxy) is 1. The van der Waals surface area contributed by atoms with Crippen LogP contribution in [0.1, 0.15) is 6.42 Å². The molecule has 0 N–H and O–H groups in total. The highest BCUT2D eigenvalue weighted by Crippen LogP contribution is 2.25. The summed E-state index contributed by atoms with van der Waals surface area (Å²) >= 11 is 3.33. The Hall–Kier alpha value is -1.10. The van der Waals surface area contributed by atoms with Crippen LogP contribution in [0.15, 0.2) is 18.3 Å². The zero-order chi connectivity index (χ0) is 10.8. The molecule has 1 atom stereocenters. The summed E-state index contributed by atoms with van der Waals surface area (Å²) < 4.78 is 4.96. The highest BCUT2D eigenvalue weighted by molar-refractivity contribution is 9.10. The smallest absolute Gasteiger partial charge is 0.240 e. The Kier molecular flexibility index (Phi) is 2.90. The van der Waals surface area contributed by atoms with Gasteiger partial charge in [0.1, 0.15) is 0 Å². The fourth-order valence-electron chi connectivity index (χ4n) is 1.55. The van der Waals surface area contributed by atoms with Crippen molar-refractivity contribution in [2.75, 3.05) is 18.6 Å². The zero-order valence-corrected chi connectivity index (χ0v) is 9.90. The minimum Gasteiger partial charge on any atom is -0.481 e. The predicted octanol–water partition coefficient (Wildman–Crippen LogP) is 1.59. The van der Waals surface area contributed by atoms with Crippen molar-refractivity contribution in [1.29, 1.82) is 0 Å². The molecule has 1 fully saturated rings. The number of nitrogens with zero attached hydrogens (tertiary/aromatic N) is 2. The van der Waals surface area contributed by atoms with Crippen molar-refractivity contribution in [2.24, 2.45) is 0 Å². The second-order valence-corrected chi connectivity index (χ2v) is 4.41. The van der Waals surface area contributed by atoms with Crippen LogP contribution >= 0.6 is 15.9 Å². The van der Waals surface area contributed by atoms with Gasteiger partial charge in [-0.15, -0.1) is 0 Å². The maximum atomic E-state index is 11.7. The van der Waals surface area contributed by atoms with Gasteiger partial charge >= 0.3 is 0 Å². The van der Waals surface area contributed by atoms with Crippen LogP contribution in [0.25, 0.3) is 0 Å². The number of alkyl halides is 1. The number of carbonyl (C=O) groups excluding carboxylic acids is 1. The van der Waals surface area contributed by atoms with E-state index in [0.29, 0.717) is 5.88 Å². The lowest BCUT2D eigenvalue weighted by molar-refractivity contribution is -0.116. The molecule has 0 bridgehead atoms. The molecule has 1 aromatic heterocycles. The van der Waals surface area contributed by atoms with Gasteiger partial charge in [0.15, 0.2) is 0 Å². The second-order valence-electron chi connectivity index (χ2n) is 3.30. The van der Waals surface area contributed by atoms with E-state index in [9.17, 15) is 4.79 Å². The third kappa shape index (κ3) is 1.97. The summed E-state index contributed by atoms with van der Waals surface area (Å²) in [5, 5.41) is 0. The van der Waals surface area contributed by atoms with E-state index in [-0.39, 0.29) is 10.7 Å². The van der Waals surface area contributed by atoms with Gasteiger partial charge in [-0.3, -0.25) is 4.79 Å². The highest BCUT2D eigenvalue weighted by atomic mass is 79.9. The number of amides is 1. The van der Waals surface area contributed by atoms with Crippen LogP contribution in [-0.2, 0) is 4.79 Å². The van der Waals surface area contributed by atoms with Crippen LogP contribution in [0, 0.1) is 0 Å². The molecule has 2 rings (SSSR count). The third-order valence-electron chi connectivity index (χ3n) is 2.38. The largest absolute Gasteiger partial charge is 0.481 e. The van der Waals surface area contributed by atoms with Gasteiger partial charge < -0.3 is 9.64 Å². The fourth-order valence-corrected chi connectivity index (χ4v) is 2.01. The van der Waals surface area contributed by atoms with Gasteiger partial charge in [0.25, 0.3) is 0 Å². The summed E-state index contributed by atoms with van der Waals surface area (Å²) in [7, 11) is 1.57. The number of aromatic nitrogens is 1. The van der Waals surface area contributed by atoms with Crippen molar-refractivity contribution in [1.82, 2.24) is 4.98 Å². The Balaban J connectivity index is 2.19. The number of halogens is 1. The molecule has 80 valence electrons. The van der Waals surface area contributed by atoms with E-state index < -0.39 is 0 Å². The molecule has 5 heteroatoms. The van der Waals surface area contributed by atoms with Crippen molar-refractivity contribution < 1.29 is 9.53 Å². The summed E-state index contributed by atoms with van der Waals surface area (Å²) in [5.74, 6) is 0.655. The monoisotopic (exact) mass is 270 g/mol. The molecule has 15 heavy (non-hydrogen) atoms. The van der Waals surface area contributed by atoms with Crippen LogP contribution < -0.4 is 9.64 Å². The van der Waals surface area contributed by atoms with Gasteiger partial charge in [-0.25, -0.2) is 4.98 Å². The number of methoxy groups -OCH3 is 1. The quantitative estimate of drug-likeness (QED) is 0.767. The Bertz CT molecular complexity index is 366. The molecular weight excluding hydrogens is 260 g/mol. The topological polar surface area (TPSA) is 42.4 Å². The molecule has 0 aliphatic carbocycles. The molecule has 1 amide bonds. The van der Waals surface area contributed by atoms with E-state index in [0.717, 1.165) is 18.7 Å². The standard InChI is InChI=1S/C10H11BrN2O2/c1-15-9-3-2-7(6-12-9)13-5-4-8(11)10(13)14/h2-3,6,8H,4-5H2,1H3/t8-/m0/s1. The Labute approximate surface area is 96.4 Å². The third-order valence-corrected chi connectivity index (χ3v) is 3.23. The number of anilines is 1. The van der Waals surface area contributed by atoms with E-state index in [2.05, 4.69) is 20.9 Å². The van der Waals surface area contributed by atoms with E-state index >= 15 is 0 Å². The molecule has 1 saturated heterocycles. The Morgan fingerprint density at radius 1 is 1.60 bits per heavy atom. The molecule has 0 aromatic carbocycles. The molecule has 1 aliphatic rings. The number of hydrogen-bond acceptors (Lipinski definition) is 3. The Morgan fingerprint density at radius 3 is 2.87 bits per heavy atom. The number of rotatable bonds is 2. The van der Waals surface area contributed by atoms with Crippen molar-refractivity contribution >= 4 is 27.5 Å². The molecule has 2 heterocycles. The molecule has 1 aromatic rings. The summed E-state index contributed by atoms with van der Waals surface area (Å²) in [6, 6.07) is 3.60. The van der Waals surface area contributed by atoms with Crippen LogP contribution in [0.3, 0.4) is 0 Å². The summed E-state index contributed by atoms with van der Waals surface area (Å²) in [6.45, 7) is 0.739. The van der Waals surface area contributed by atoms with Crippen molar-refractivity contribution in [3.63, 3.8) is 0 Å². The average molecular weight is 271 g/mol. The van der Waals surface area contributed by atoms with Crippen molar-refractivity contribution in [3.05, 3.63) is 18.3 Å². The first kappa shape index (κ1) is 10.4. The van der Waals surface area contributed by atoms with Gasteiger partial charge in [0.05, 0.1) is 23.8 Å². The molecule has 1 aliphatic heterocycles. The van der Waals surface area contributed by atoms with Crippen molar-refractivity contribution in [3.8, 4) is 5.88 Å². The van der Waals surface area contributed by atoms with Gasteiger partial charge in [-0.05, 0) is 12.5 Å². The second kappa shape index (κ2) is 4.18. The van der Waals surface area contributed by atoms with Crippen LogP contribution in [0.4, 0.5) is 5.69 Å². The van der Waals surface area contributed by atoms with E-state index in [1.807, 2.05) is 6.07 Å². The molecule has 0 unspecified atom stereocenters. The lowest BCUT2D eigenvalue weighted by Crippen LogP contribution is -2.27. The molecule has 0 saturated carbocycles. The van der Waals surface area contributed by atoms with Crippen LogP contribution in [-0.4, -0.2) is 29.4 Å². The highest BCUT2D eigenvalue weighted by Gasteiger charge is 2.30. The van der Waals surface area contributed by atoms with Crippen LogP contribution in [0.2, 0.25) is 0 Å². The first-order valence-electron chi connectivity index (χ1n) is 4.68. The summed E-state index contributed by atoms with van der Waals surface area (Å²) in [5.41, 5.74) is 0.822. The normalized spacial score (nSPS) is 20.8. The van der Waals surface area contributed by atoms with E-state index in [4.69, 9.17) is 4.74 Å².